The van der Waals surface area contributed by atoms with Crippen LogP contribution in [0.5, 0.6) is 11.5 Å². The second-order valence-electron chi connectivity index (χ2n) is 6.57. The number of rotatable bonds is 3. The van der Waals surface area contributed by atoms with Crippen molar-refractivity contribution >= 4 is 5.69 Å². The Hall–Kier alpha value is -3.12. The molecule has 0 spiro atoms. The first-order chi connectivity index (χ1) is 12.6. The zero-order valence-corrected chi connectivity index (χ0v) is 14.3. The summed E-state index contributed by atoms with van der Waals surface area (Å²) in [4.78, 5) is 11.5. The summed E-state index contributed by atoms with van der Waals surface area (Å²) >= 11 is 0. The third-order valence-electron chi connectivity index (χ3n) is 4.63. The van der Waals surface area contributed by atoms with Crippen molar-refractivity contribution in [2.24, 2.45) is 0 Å². The highest BCUT2D eigenvalue weighted by molar-refractivity contribution is 5.58. The second kappa shape index (κ2) is 6.65. The van der Waals surface area contributed by atoms with Gasteiger partial charge in [0, 0.05) is 49.1 Å². The molecule has 2 aromatic carbocycles. The Bertz CT molecular complexity index is 941. The van der Waals surface area contributed by atoms with Crippen molar-refractivity contribution in [1.82, 2.24) is 14.9 Å². The average molecular weight is 348 g/mol. The van der Waals surface area contributed by atoms with E-state index >= 15 is 0 Å². The Kier molecular flexibility index (Phi) is 4.18. The van der Waals surface area contributed by atoms with Gasteiger partial charge >= 0.3 is 0 Å². The van der Waals surface area contributed by atoms with Crippen LogP contribution in [0.3, 0.4) is 0 Å². The van der Waals surface area contributed by atoms with E-state index in [2.05, 4.69) is 9.88 Å². The Morgan fingerprint density at radius 1 is 1.04 bits per heavy atom. The van der Waals surface area contributed by atoms with E-state index in [-0.39, 0.29) is 11.5 Å². The lowest BCUT2D eigenvalue weighted by Gasteiger charge is -2.28. The molecule has 3 aromatic rings. The van der Waals surface area contributed by atoms with Gasteiger partial charge < -0.3 is 15.9 Å². The van der Waals surface area contributed by atoms with E-state index in [1.165, 1.54) is 6.07 Å². The first-order valence-corrected chi connectivity index (χ1v) is 8.52. The topological polar surface area (TPSA) is 95.5 Å². The van der Waals surface area contributed by atoms with Crippen molar-refractivity contribution in [2.45, 2.75) is 19.5 Å². The molecule has 1 aliphatic rings. The van der Waals surface area contributed by atoms with Gasteiger partial charge in [0.2, 0.25) is 0 Å². The van der Waals surface area contributed by atoms with Gasteiger partial charge in [-0.25, -0.2) is 9.97 Å². The summed E-state index contributed by atoms with van der Waals surface area (Å²) in [6.07, 6.45) is 2.75. The quantitative estimate of drug-likeness (QED) is 0.497. The summed E-state index contributed by atoms with van der Waals surface area (Å²) in [7, 11) is 0. The van der Waals surface area contributed by atoms with Crippen molar-refractivity contribution in [3.63, 3.8) is 0 Å². The van der Waals surface area contributed by atoms with Crippen LogP contribution in [0.1, 0.15) is 16.8 Å². The molecule has 6 nitrogen and oxygen atoms in total. The van der Waals surface area contributed by atoms with Crippen LogP contribution in [0, 0.1) is 0 Å². The number of fused-ring (bicyclic) bond motifs is 1. The molecular formula is C20H20N4O2. The molecular weight excluding hydrogens is 328 g/mol. The maximum absolute atomic E-state index is 9.65. The molecule has 0 unspecified atom stereocenters. The van der Waals surface area contributed by atoms with Crippen LogP contribution >= 0.6 is 0 Å². The zero-order chi connectivity index (χ0) is 18.1. The van der Waals surface area contributed by atoms with Gasteiger partial charge in [-0.2, -0.15) is 0 Å². The first-order valence-electron chi connectivity index (χ1n) is 8.52. The maximum atomic E-state index is 9.65. The Labute approximate surface area is 151 Å². The smallest absolute Gasteiger partial charge is 0.159 e. The molecule has 2 heterocycles. The molecule has 0 fully saturated rings. The lowest BCUT2D eigenvalue weighted by Crippen LogP contribution is -2.30. The highest BCUT2D eigenvalue weighted by Gasteiger charge is 2.19. The first kappa shape index (κ1) is 16.4. The Morgan fingerprint density at radius 2 is 1.85 bits per heavy atom. The minimum atomic E-state index is -0.0960. The van der Waals surface area contributed by atoms with Crippen LogP contribution < -0.4 is 5.73 Å². The number of nitrogens with zero attached hydrogens (tertiary/aromatic N) is 3. The lowest BCUT2D eigenvalue weighted by molar-refractivity contribution is 0.242. The number of anilines is 1. The molecule has 0 saturated heterocycles. The average Bonchev–Trinajstić information content (AvgIpc) is 2.65. The monoisotopic (exact) mass is 348 g/mol. The van der Waals surface area contributed by atoms with Gasteiger partial charge in [0.05, 0.1) is 5.69 Å². The molecule has 0 amide bonds. The van der Waals surface area contributed by atoms with Gasteiger partial charge in [-0.3, -0.25) is 4.90 Å². The number of benzene rings is 2. The van der Waals surface area contributed by atoms with E-state index in [1.54, 1.807) is 6.07 Å². The molecule has 0 radical (unpaired) electrons. The number of hydrogen-bond donors (Lipinski definition) is 3. The molecule has 26 heavy (non-hydrogen) atoms. The van der Waals surface area contributed by atoms with Gasteiger partial charge in [0.25, 0.3) is 0 Å². The summed E-state index contributed by atoms with van der Waals surface area (Å²) in [6, 6.07) is 12.5. The fraction of sp³-hybridized carbons (Fsp3) is 0.200. The molecule has 0 aliphatic carbocycles. The number of nitrogen functional groups attached to an aromatic ring is 1. The SMILES string of the molecule is Nc1ccc(-c2ncc3c(n2)CCN(Cc2ccc(O)c(O)c2)C3)cc1. The van der Waals surface area contributed by atoms with Crippen molar-refractivity contribution < 1.29 is 10.2 Å². The maximum Gasteiger partial charge on any atom is 0.159 e. The Balaban J connectivity index is 1.50. The normalized spacial score (nSPS) is 14.2. The van der Waals surface area contributed by atoms with E-state index in [1.807, 2.05) is 36.5 Å². The fourth-order valence-electron chi connectivity index (χ4n) is 3.21. The van der Waals surface area contributed by atoms with Crippen molar-refractivity contribution in [2.75, 3.05) is 12.3 Å². The Morgan fingerprint density at radius 3 is 2.62 bits per heavy atom. The molecule has 0 atom stereocenters. The van der Waals surface area contributed by atoms with E-state index in [0.717, 1.165) is 53.4 Å². The van der Waals surface area contributed by atoms with Crippen LogP contribution in [0.4, 0.5) is 5.69 Å². The highest BCUT2D eigenvalue weighted by Crippen LogP contribution is 2.27. The van der Waals surface area contributed by atoms with Crippen LogP contribution in [-0.2, 0) is 19.5 Å². The number of hydrogen-bond acceptors (Lipinski definition) is 6. The number of nitrogens with two attached hydrogens (primary N) is 1. The van der Waals surface area contributed by atoms with Crippen LogP contribution in [0.15, 0.2) is 48.7 Å². The minimum Gasteiger partial charge on any atom is -0.504 e. The summed E-state index contributed by atoms with van der Waals surface area (Å²) in [5, 5.41) is 19.1. The third kappa shape index (κ3) is 3.32. The molecule has 6 heteroatoms. The minimum absolute atomic E-state index is 0.0867. The molecule has 1 aliphatic heterocycles. The van der Waals surface area contributed by atoms with E-state index in [9.17, 15) is 10.2 Å². The number of phenolic OH excluding ortho intramolecular Hbond substituents is 2. The zero-order valence-electron chi connectivity index (χ0n) is 14.3. The number of aromatic nitrogens is 2. The lowest BCUT2D eigenvalue weighted by atomic mass is 10.1. The summed E-state index contributed by atoms with van der Waals surface area (Å²) in [6.45, 7) is 2.35. The van der Waals surface area contributed by atoms with Crippen molar-refractivity contribution in [1.29, 1.82) is 0 Å². The molecule has 4 N–H and O–H groups in total. The van der Waals surface area contributed by atoms with E-state index in [4.69, 9.17) is 10.7 Å². The van der Waals surface area contributed by atoms with Crippen LogP contribution in [0.25, 0.3) is 11.4 Å². The predicted molar refractivity (Wildman–Crippen MR) is 99.5 cm³/mol. The van der Waals surface area contributed by atoms with Gasteiger partial charge in [-0.15, -0.1) is 0 Å². The van der Waals surface area contributed by atoms with E-state index in [0.29, 0.717) is 6.54 Å². The molecule has 0 saturated carbocycles. The summed E-state index contributed by atoms with van der Waals surface area (Å²) < 4.78 is 0. The second-order valence-corrected chi connectivity index (χ2v) is 6.57. The fourth-order valence-corrected chi connectivity index (χ4v) is 3.21. The van der Waals surface area contributed by atoms with Crippen molar-refractivity contribution in [3.8, 4) is 22.9 Å². The summed E-state index contributed by atoms with van der Waals surface area (Å²) in [5.74, 6) is 0.540. The van der Waals surface area contributed by atoms with Gasteiger partial charge in [-0.1, -0.05) is 6.07 Å². The predicted octanol–water partition coefficient (Wildman–Crippen LogP) is 2.70. The molecule has 1 aromatic heterocycles. The van der Waals surface area contributed by atoms with Crippen LogP contribution in [0.2, 0.25) is 0 Å². The van der Waals surface area contributed by atoms with Gasteiger partial charge in [0.15, 0.2) is 17.3 Å². The van der Waals surface area contributed by atoms with Crippen LogP contribution in [-0.4, -0.2) is 31.6 Å². The highest BCUT2D eigenvalue weighted by atomic mass is 16.3. The van der Waals surface area contributed by atoms with Crippen molar-refractivity contribution in [3.05, 3.63) is 65.5 Å². The van der Waals surface area contributed by atoms with E-state index < -0.39 is 0 Å². The number of phenols is 2. The number of aromatic hydroxyl groups is 2. The third-order valence-corrected chi connectivity index (χ3v) is 4.63. The standard InChI is InChI=1S/C20H20N4O2/c21-16-4-2-14(3-5-16)20-22-10-15-12-24(8-7-17(15)23-20)11-13-1-6-18(25)19(26)9-13/h1-6,9-10,25-26H,7-8,11-12,21H2. The molecule has 132 valence electrons. The largest absolute Gasteiger partial charge is 0.504 e. The van der Waals surface area contributed by atoms with Gasteiger partial charge in [-0.05, 0) is 42.0 Å². The summed E-state index contributed by atoms with van der Waals surface area (Å²) in [5.41, 5.74) is 10.6. The van der Waals surface area contributed by atoms with Gasteiger partial charge in [0.1, 0.15) is 0 Å². The molecule has 4 rings (SSSR count). The molecule has 0 bridgehead atoms.